The lowest BCUT2D eigenvalue weighted by Gasteiger charge is -2.42. The number of hydrogen-bond acceptors (Lipinski definition) is 2. The van der Waals surface area contributed by atoms with E-state index in [0.717, 1.165) is 19.4 Å². The smallest absolute Gasteiger partial charge is 0.200 e. The molecule has 0 aromatic heterocycles. The van der Waals surface area contributed by atoms with Gasteiger partial charge < -0.3 is 9.53 Å². The van der Waals surface area contributed by atoms with Gasteiger partial charge in [0.1, 0.15) is 0 Å². The second kappa shape index (κ2) is 7.46. The Kier molecular flexibility index (Phi) is 7.52. The zero-order chi connectivity index (χ0) is 12.8. The second-order valence-electron chi connectivity index (χ2n) is 5.60. The summed E-state index contributed by atoms with van der Waals surface area (Å²) >= 11 is 0. The van der Waals surface area contributed by atoms with Crippen molar-refractivity contribution in [1.29, 1.82) is 0 Å². The minimum Gasteiger partial charge on any atom is -0.416 e. The summed E-state index contributed by atoms with van der Waals surface area (Å²) in [5.74, 6) is 0. The van der Waals surface area contributed by atoms with Crippen LogP contribution in [-0.4, -0.2) is 26.6 Å². The van der Waals surface area contributed by atoms with Gasteiger partial charge in [0.05, 0.1) is 0 Å². The van der Waals surface area contributed by atoms with Crippen molar-refractivity contribution in [2.75, 3.05) is 13.2 Å². The van der Waals surface area contributed by atoms with Crippen LogP contribution in [0.25, 0.3) is 0 Å². The molecule has 0 unspecified atom stereocenters. The third kappa shape index (κ3) is 3.86. The van der Waals surface area contributed by atoms with E-state index in [1.54, 1.807) is 0 Å². The summed E-state index contributed by atoms with van der Waals surface area (Å²) < 4.78 is 6.34. The van der Waals surface area contributed by atoms with Gasteiger partial charge in [0.25, 0.3) is 0 Å². The molecular weight excluding hydrogens is 216 g/mol. The van der Waals surface area contributed by atoms with Crippen LogP contribution in [0.2, 0.25) is 16.6 Å². The zero-order valence-electron chi connectivity index (χ0n) is 11.9. The van der Waals surface area contributed by atoms with E-state index in [0.29, 0.717) is 16.6 Å². The van der Waals surface area contributed by atoms with Crippen LogP contribution in [-0.2, 0) is 4.43 Å². The maximum Gasteiger partial charge on any atom is 0.200 e. The van der Waals surface area contributed by atoms with Crippen LogP contribution in [0.5, 0.6) is 0 Å². The van der Waals surface area contributed by atoms with Crippen molar-refractivity contribution in [3.05, 3.63) is 0 Å². The highest BCUT2D eigenvalue weighted by Gasteiger charge is 2.44. The molecule has 98 valence electrons. The predicted molar refractivity (Wildman–Crippen MR) is 73.3 cm³/mol. The predicted octanol–water partition coefficient (Wildman–Crippen LogP) is 3.95. The molecule has 0 heterocycles. The molecular formula is C13H30O2Si. The number of aliphatic hydroxyl groups is 1. The van der Waals surface area contributed by atoms with Crippen molar-refractivity contribution in [3.63, 3.8) is 0 Å². The highest BCUT2D eigenvalue weighted by atomic mass is 28.4. The number of unbranched alkanes of at least 4 members (excludes halogenated alkanes) is 1. The summed E-state index contributed by atoms with van der Waals surface area (Å²) in [7, 11) is -1.66. The van der Waals surface area contributed by atoms with Crippen molar-refractivity contribution in [1.82, 2.24) is 0 Å². The molecule has 0 saturated carbocycles. The molecule has 0 amide bonds. The Morgan fingerprint density at radius 1 is 0.875 bits per heavy atom. The topological polar surface area (TPSA) is 29.5 Å². The van der Waals surface area contributed by atoms with Gasteiger partial charge >= 0.3 is 0 Å². The van der Waals surface area contributed by atoms with Gasteiger partial charge in [-0.05, 0) is 29.5 Å². The first-order valence-corrected chi connectivity index (χ1v) is 8.78. The van der Waals surface area contributed by atoms with Crippen LogP contribution in [0.1, 0.15) is 54.4 Å². The number of rotatable bonds is 8. The fraction of sp³-hybridized carbons (Fsp3) is 1.00. The Morgan fingerprint density at radius 2 is 1.31 bits per heavy atom. The van der Waals surface area contributed by atoms with Gasteiger partial charge in [-0.1, -0.05) is 41.5 Å². The molecule has 0 aliphatic rings. The monoisotopic (exact) mass is 246 g/mol. The molecule has 0 radical (unpaired) electrons. The fourth-order valence-corrected chi connectivity index (χ4v) is 8.46. The third-order valence-corrected chi connectivity index (χ3v) is 9.73. The van der Waals surface area contributed by atoms with Crippen LogP contribution >= 0.6 is 0 Å². The maximum atomic E-state index is 8.78. The molecule has 0 rings (SSSR count). The minimum atomic E-state index is -1.66. The summed E-state index contributed by atoms with van der Waals surface area (Å²) in [4.78, 5) is 0. The lowest BCUT2D eigenvalue weighted by Crippen LogP contribution is -2.47. The molecule has 0 aliphatic heterocycles. The van der Waals surface area contributed by atoms with E-state index in [1.165, 1.54) is 0 Å². The molecule has 0 aromatic rings. The van der Waals surface area contributed by atoms with Crippen LogP contribution in [0.4, 0.5) is 0 Å². The molecule has 0 bridgehead atoms. The summed E-state index contributed by atoms with van der Waals surface area (Å²) in [5.41, 5.74) is 1.96. The Bertz CT molecular complexity index is 157. The van der Waals surface area contributed by atoms with Crippen LogP contribution in [0, 0.1) is 0 Å². The van der Waals surface area contributed by atoms with Crippen molar-refractivity contribution in [3.8, 4) is 0 Å². The lowest BCUT2D eigenvalue weighted by atomic mass is 10.3. The Balaban J connectivity index is 4.52. The summed E-state index contributed by atoms with van der Waals surface area (Å²) in [6, 6.07) is 0. The average Bonchev–Trinajstić information content (AvgIpc) is 2.16. The highest BCUT2D eigenvalue weighted by Crippen LogP contribution is 2.42. The van der Waals surface area contributed by atoms with E-state index in [1.807, 2.05) is 0 Å². The molecule has 0 aromatic carbocycles. The molecule has 0 aliphatic carbocycles. The minimum absolute atomic E-state index is 0.281. The number of hydrogen-bond donors (Lipinski definition) is 1. The van der Waals surface area contributed by atoms with Gasteiger partial charge in [0.15, 0.2) is 8.32 Å². The number of aliphatic hydroxyl groups excluding tert-OH is 1. The van der Waals surface area contributed by atoms with Crippen molar-refractivity contribution in [2.24, 2.45) is 0 Å². The molecule has 0 saturated heterocycles. The standard InChI is InChI=1S/C13H30O2Si/c1-11(2)16(12(3)4,13(5)6)15-10-8-7-9-14/h11-14H,7-10H2,1-6H3. The third-order valence-electron chi connectivity index (χ3n) is 3.61. The largest absolute Gasteiger partial charge is 0.416 e. The van der Waals surface area contributed by atoms with Gasteiger partial charge in [-0.25, -0.2) is 0 Å². The van der Waals surface area contributed by atoms with E-state index in [2.05, 4.69) is 41.5 Å². The molecule has 0 spiro atoms. The molecule has 3 heteroatoms. The first-order valence-electron chi connectivity index (χ1n) is 6.64. The molecule has 16 heavy (non-hydrogen) atoms. The highest BCUT2D eigenvalue weighted by molar-refractivity contribution is 6.77. The van der Waals surface area contributed by atoms with Gasteiger partial charge in [0.2, 0.25) is 0 Å². The maximum absolute atomic E-state index is 8.78. The van der Waals surface area contributed by atoms with E-state index in [4.69, 9.17) is 9.53 Å². The Labute approximate surface area is 103 Å². The van der Waals surface area contributed by atoms with Gasteiger partial charge in [0, 0.05) is 13.2 Å². The normalized spacial score (nSPS) is 13.1. The van der Waals surface area contributed by atoms with Crippen molar-refractivity contribution < 1.29 is 9.53 Å². The molecule has 0 atom stereocenters. The first-order chi connectivity index (χ1) is 7.39. The lowest BCUT2D eigenvalue weighted by molar-refractivity contribution is 0.237. The van der Waals surface area contributed by atoms with Gasteiger partial charge in [-0.2, -0.15) is 0 Å². The fourth-order valence-electron chi connectivity index (χ4n) is 2.96. The van der Waals surface area contributed by atoms with Crippen molar-refractivity contribution >= 4 is 8.32 Å². The molecule has 1 N–H and O–H groups in total. The Morgan fingerprint density at radius 3 is 1.62 bits per heavy atom. The van der Waals surface area contributed by atoms with E-state index in [-0.39, 0.29) is 6.61 Å². The van der Waals surface area contributed by atoms with Gasteiger partial charge in [-0.15, -0.1) is 0 Å². The second-order valence-corrected chi connectivity index (χ2v) is 11.1. The average molecular weight is 246 g/mol. The van der Waals surface area contributed by atoms with E-state index < -0.39 is 8.32 Å². The van der Waals surface area contributed by atoms with Crippen molar-refractivity contribution in [2.45, 2.75) is 71.0 Å². The summed E-state index contributed by atoms with van der Waals surface area (Å²) in [6.45, 7) is 14.9. The quantitative estimate of drug-likeness (QED) is 0.519. The SMILES string of the molecule is CC(C)[Si](OCCCCO)(C(C)C)C(C)C. The van der Waals surface area contributed by atoms with Gasteiger partial charge in [-0.3, -0.25) is 0 Å². The van der Waals surface area contributed by atoms with E-state index in [9.17, 15) is 0 Å². The van der Waals surface area contributed by atoms with Crippen LogP contribution in [0.3, 0.4) is 0 Å². The van der Waals surface area contributed by atoms with Crippen LogP contribution < -0.4 is 0 Å². The molecule has 0 fully saturated rings. The first kappa shape index (κ1) is 16.1. The zero-order valence-corrected chi connectivity index (χ0v) is 12.9. The summed E-state index contributed by atoms with van der Waals surface area (Å²) in [6.07, 6.45) is 1.84. The molecule has 2 nitrogen and oxygen atoms in total. The van der Waals surface area contributed by atoms with E-state index >= 15 is 0 Å². The Hall–Kier alpha value is 0.137. The van der Waals surface area contributed by atoms with Crippen LogP contribution in [0.15, 0.2) is 0 Å². The summed E-state index contributed by atoms with van der Waals surface area (Å²) in [5, 5.41) is 8.78.